The summed E-state index contributed by atoms with van der Waals surface area (Å²) in [4.78, 5) is 37.1. The molecule has 0 saturated heterocycles. The minimum Gasteiger partial charge on any atom is -0.449 e. The Bertz CT molecular complexity index is 1080. The molecule has 31 heavy (non-hydrogen) atoms. The number of carbonyl (C=O) groups excluding carboxylic acids is 3. The van der Waals surface area contributed by atoms with E-state index in [-0.39, 0.29) is 5.78 Å². The highest BCUT2D eigenvalue weighted by Crippen LogP contribution is 2.18. The van der Waals surface area contributed by atoms with E-state index in [1.165, 1.54) is 19.4 Å². The third-order valence-corrected chi connectivity index (χ3v) is 4.98. The first kappa shape index (κ1) is 22.0. The summed E-state index contributed by atoms with van der Waals surface area (Å²) in [5, 5.41) is 2.67. The quantitative estimate of drug-likeness (QED) is 0.421. The zero-order valence-electron chi connectivity index (χ0n) is 17.6. The summed E-state index contributed by atoms with van der Waals surface area (Å²) in [6, 6.07) is 24.0. The predicted octanol–water partition coefficient (Wildman–Crippen LogP) is 4.86. The molecule has 3 rings (SSSR count). The number of ether oxygens (including phenoxy) is 1. The summed E-state index contributed by atoms with van der Waals surface area (Å²) in [7, 11) is 0. The Hall–Kier alpha value is -3.73. The van der Waals surface area contributed by atoms with Crippen LogP contribution >= 0.6 is 0 Å². The Kier molecular flexibility index (Phi) is 7.33. The molecule has 0 aliphatic heterocycles. The fourth-order valence-corrected chi connectivity index (χ4v) is 3.27. The molecule has 0 radical (unpaired) electrons. The molecule has 0 aromatic heterocycles. The zero-order valence-corrected chi connectivity index (χ0v) is 17.6. The molecule has 0 heterocycles. The van der Waals surface area contributed by atoms with Crippen LogP contribution in [0.5, 0.6) is 0 Å². The topological polar surface area (TPSA) is 72.5 Å². The Morgan fingerprint density at radius 3 is 2.13 bits per heavy atom. The maximum atomic E-state index is 12.8. The third kappa shape index (κ3) is 5.89. The first-order valence-corrected chi connectivity index (χ1v) is 10.2. The van der Waals surface area contributed by atoms with Crippen LogP contribution in [0.1, 0.15) is 45.7 Å². The van der Waals surface area contributed by atoms with Crippen molar-refractivity contribution in [3.63, 3.8) is 0 Å². The molecule has 0 aliphatic rings. The molecular weight excluding hydrogens is 390 g/mol. The number of Topliss-reactive ketones (excluding diaryl/α,β-unsaturated/α-hetero) is 1. The number of benzene rings is 3. The van der Waals surface area contributed by atoms with E-state index >= 15 is 0 Å². The molecule has 1 N–H and O–H groups in total. The maximum Gasteiger partial charge on any atom is 0.339 e. The van der Waals surface area contributed by atoms with Crippen LogP contribution in [0.4, 0.5) is 5.69 Å². The lowest BCUT2D eigenvalue weighted by Gasteiger charge is -2.16. The van der Waals surface area contributed by atoms with E-state index in [0.29, 0.717) is 23.2 Å². The monoisotopic (exact) mass is 415 g/mol. The number of amides is 1. The second-order valence-electron chi connectivity index (χ2n) is 7.28. The first-order chi connectivity index (χ1) is 15.0. The maximum absolute atomic E-state index is 12.8. The van der Waals surface area contributed by atoms with E-state index in [1.807, 2.05) is 42.5 Å². The average molecular weight is 415 g/mol. The van der Waals surface area contributed by atoms with Crippen molar-refractivity contribution in [3.05, 3.63) is 101 Å². The van der Waals surface area contributed by atoms with Gasteiger partial charge in [-0.2, -0.15) is 0 Å². The number of carbonyl (C=O) groups is 3. The van der Waals surface area contributed by atoms with Gasteiger partial charge in [0.25, 0.3) is 5.91 Å². The SMILES string of the molecule is CC(=O)c1ccccc1NC(=O)C(C)OC(=O)c1ccccc1CCc1ccccc1. The van der Waals surface area contributed by atoms with Crippen LogP contribution in [-0.4, -0.2) is 23.8 Å². The molecule has 1 unspecified atom stereocenters. The van der Waals surface area contributed by atoms with Crippen LogP contribution < -0.4 is 5.32 Å². The molecule has 0 fully saturated rings. The lowest BCUT2D eigenvalue weighted by atomic mass is 10.00. The van der Waals surface area contributed by atoms with Crippen LogP contribution in [0, 0.1) is 0 Å². The standard InChI is InChI=1S/C26H25NO4/c1-18(28)22-13-8-9-15-24(22)27-25(29)19(2)31-26(30)23-14-7-6-12-21(23)17-16-20-10-4-3-5-11-20/h3-15,19H,16-17H2,1-2H3,(H,27,29). The highest BCUT2D eigenvalue weighted by Gasteiger charge is 2.22. The average Bonchev–Trinajstić information content (AvgIpc) is 2.78. The summed E-state index contributed by atoms with van der Waals surface area (Å²) in [5.74, 6) is -1.21. The van der Waals surface area contributed by atoms with Gasteiger partial charge in [0.2, 0.25) is 0 Å². The summed E-state index contributed by atoms with van der Waals surface area (Å²) in [6.07, 6.45) is 0.458. The van der Waals surface area contributed by atoms with Crippen molar-refractivity contribution in [1.29, 1.82) is 0 Å². The van der Waals surface area contributed by atoms with Gasteiger partial charge in [0.1, 0.15) is 0 Å². The molecule has 5 nitrogen and oxygen atoms in total. The number of para-hydroxylation sites is 1. The molecule has 0 spiro atoms. The lowest BCUT2D eigenvalue weighted by Crippen LogP contribution is -2.30. The van der Waals surface area contributed by atoms with E-state index < -0.39 is 18.0 Å². The van der Waals surface area contributed by atoms with Crippen molar-refractivity contribution in [2.75, 3.05) is 5.32 Å². The second-order valence-corrected chi connectivity index (χ2v) is 7.28. The van der Waals surface area contributed by atoms with Crippen molar-refractivity contribution in [2.45, 2.75) is 32.8 Å². The van der Waals surface area contributed by atoms with E-state index in [4.69, 9.17) is 4.74 Å². The summed E-state index contributed by atoms with van der Waals surface area (Å²) < 4.78 is 5.43. The van der Waals surface area contributed by atoms with Crippen molar-refractivity contribution in [1.82, 2.24) is 0 Å². The summed E-state index contributed by atoms with van der Waals surface area (Å²) >= 11 is 0. The second kappa shape index (κ2) is 10.3. The molecule has 0 aliphatic carbocycles. The molecule has 0 bridgehead atoms. The molecule has 3 aromatic carbocycles. The van der Waals surface area contributed by atoms with Gasteiger partial charge in [0.05, 0.1) is 11.3 Å². The summed E-state index contributed by atoms with van der Waals surface area (Å²) in [6.45, 7) is 2.94. The number of hydrogen-bond acceptors (Lipinski definition) is 4. The minimum absolute atomic E-state index is 0.159. The van der Waals surface area contributed by atoms with Gasteiger partial charge < -0.3 is 10.1 Å². The van der Waals surface area contributed by atoms with Gasteiger partial charge in [-0.15, -0.1) is 0 Å². The number of anilines is 1. The highest BCUT2D eigenvalue weighted by molar-refractivity contribution is 6.05. The van der Waals surface area contributed by atoms with E-state index in [0.717, 1.165) is 12.0 Å². The van der Waals surface area contributed by atoms with Crippen LogP contribution in [0.15, 0.2) is 78.9 Å². The smallest absolute Gasteiger partial charge is 0.339 e. The normalized spacial score (nSPS) is 11.4. The Morgan fingerprint density at radius 2 is 1.42 bits per heavy atom. The highest BCUT2D eigenvalue weighted by atomic mass is 16.5. The Balaban J connectivity index is 1.66. The van der Waals surface area contributed by atoms with E-state index in [9.17, 15) is 14.4 Å². The van der Waals surface area contributed by atoms with Gasteiger partial charge in [-0.25, -0.2) is 4.79 Å². The Morgan fingerprint density at radius 1 is 0.806 bits per heavy atom. The van der Waals surface area contributed by atoms with Gasteiger partial charge in [-0.05, 0) is 56.0 Å². The number of rotatable bonds is 8. The zero-order chi connectivity index (χ0) is 22.2. The molecule has 1 amide bonds. The van der Waals surface area contributed by atoms with Crippen molar-refractivity contribution >= 4 is 23.3 Å². The first-order valence-electron chi connectivity index (χ1n) is 10.2. The lowest BCUT2D eigenvalue weighted by molar-refractivity contribution is -0.123. The Labute approximate surface area is 182 Å². The van der Waals surface area contributed by atoms with Crippen LogP contribution in [0.2, 0.25) is 0 Å². The molecule has 0 saturated carbocycles. The summed E-state index contributed by atoms with van der Waals surface area (Å²) in [5.41, 5.74) is 3.29. The van der Waals surface area contributed by atoms with Crippen LogP contribution in [0.3, 0.4) is 0 Å². The van der Waals surface area contributed by atoms with Crippen molar-refractivity contribution < 1.29 is 19.1 Å². The van der Waals surface area contributed by atoms with Gasteiger partial charge in [0, 0.05) is 5.56 Å². The predicted molar refractivity (Wildman–Crippen MR) is 120 cm³/mol. The molecule has 5 heteroatoms. The van der Waals surface area contributed by atoms with Gasteiger partial charge in [0.15, 0.2) is 11.9 Å². The number of esters is 1. The molecule has 158 valence electrons. The van der Waals surface area contributed by atoms with E-state index in [1.54, 1.807) is 36.4 Å². The van der Waals surface area contributed by atoms with Crippen LogP contribution in [-0.2, 0) is 22.4 Å². The van der Waals surface area contributed by atoms with Crippen molar-refractivity contribution in [3.8, 4) is 0 Å². The van der Waals surface area contributed by atoms with Gasteiger partial charge in [-0.1, -0.05) is 60.7 Å². The number of aryl methyl sites for hydroxylation is 2. The largest absolute Gasteiger partial charge is 0.449 e. The molecule has 3 aromatic rings. The number of hydrogen-bond donors (Lipinski definition) is 1. The van der Waals surface area contributed by atoms with Crippen LogP contribution in [0.25, 0.3) is 0 Å². The number of ketones is 1. The van der Waals surface area contributed by atoms with E-state index in [2.05, 4.69) is 5.32 Å². The van der Waals surface area contributed by atoms with Gasteiger partial charge >= 0.3 is 5.97 Å². The molecular formula is C26H25NO4. The van der Waals surface area contributed by atoms with Crippen molar-refractivity contribution in [2.24, 2.45) is 0 Å². The molecule has 1 atom stereocenters. The third-order valence-electron chi connectivity index (χ3n) is 4.98. The fraction of sp³-hybridized carbons (Fsp3) is 0.192. The minimum atomic E-state index is -1.02. The van der Waals surface area contributed by atoms with Gasteiger partial charge in [-0.3, -0.25) is 9.59 Å². The number of nitrogens with one attached hydrogen (secondary N) is 1. The fourth-order valence-electron chi connectivity index (χ4n) is 3.27.